The zero-order valence-corrected chi connectivity index (χ0v) is 10.3. The van der Waals surface area contributed by atoms with E-state index in [-0.39, 0.29) is 0 Å². The molecule has 0 amide bonds. The lowest BCUT2D eigenvalue weighted by Gasteiger charge is -2.01. The van der Waals surface area contributed by atoms with Gasteiger partial charge < -0.3 is 0 Å². The zero-order chi connectivity index (χ0) is 12.9. The molecule has 3 rings (SSSR count). The Balaban J connectivity index is 1.84. The Morgan fingerprint density at radius 3 is 2.26 bits per heavy atom. The number of hydrogen-bond donors (Lipinski definition) is 0. The van der Waals surface area contributed by atoms with Crippen molar-refractivity contribution in [2.24, 2.45) is 10.3 Å². The fraction of sp³-hybridized carbons (Fsp3) is 0. The smallest absolute Gasteiger partial charge is 0.0953 e. The van der Waals surface area contributed by atoms with E-state index in [4.69, 9.17) is 0 Å². The van der Waals surface area contributed by atoms with Gasteiger partial charge in [0.1, 0.15) is 0 Å². The van der Waals surface area contributed by atoms with Gasteiger partial charge in [-0.3, -0.25) is 0 Å². The van der Waals surface area contributed by atoms with Crippen LogP contribution >= 0.6 is 0 Å². The summed E-state index contributed by atoms with van der Waals surface area (Å²) < 4.78 is 0. The van der Waals surface area contributed by atoms with Gasteiger partial charge in [-0.05, 0) is 28.8 Å². The summed E-state index contributed by atoms with van der Waals surface area (Å²) in [7, 11) is 0. The summed E-state index contributed by atoms with van der Waals surface area (Å²) >= 11 is 0. The van der Waals surface area contributed by atoms with Crippen LogP contribution in [0.5, 0.6) is 0 Å². The number of rotatable bonds is 3. The SMILES string of the molecule is c1ccc(N=N[N]c2cccc3ccccc23)cc1. The molecule has 0 heterocycles. The van der Waals surface area contributed by atoms with E-state index < -0.39 is 0 Å². The average molecular weight is 246 g/mol. The fourth-order valence-electron chi connectivity index (χ4n) is 1.91. The van der Waals surface area contributed by atoms with Gasteiger partial charge in [0.2, 0.25) is 0 Å². The largest absolute Gasteiger partial charge is 0.131 e. The molecule has 19 heavy (non-hydrogen) atoms. The number of hydrogen-bond acceptors (Lipinski definition) is 2. The molecule has 0 aromatic heterocycles. The van der Waals surface area contributed by atoms with Crippen molar-refractivity contribution in [2.45, 2.75) is 0 Å². The Hall–Kier alpha value is -2.68. The summed E-state index contributed by atoms with van der Waals surface area (Å²) in [6.07, 6.45) is 0. The van der Waals surface area contributed by atoms with Crippen LogP contribution in [-0.4, -0.2) is 0 Å². The molecule has 0 N–H and O–H groups in total. The predicted octanol–water partition coefficient (Wildman–Crippen LogP) is 4.77. The molecular formula is C16H12N3. The van der Waals surface area contributed by atoms with Gasteiger partial charge in [-0.15, -0.1) is 10.5 Å². The van der Waals surface area contributed by atoms with Crippen molar-refractivity contribution in [3.05, 3.63) is 72.8 Å². The van der Waals surface area contributed by atoms with Crippen LogP contribution < -0.4 is 5.43 Å². The summed E-state index contributed by atoms with van der Waals surface area (Å²) in [6, 6.07) is 23.6. The molecule has 0 aliphatic heterocycles. The summed E-state index contributed by atoms with van der Waals surface area (Å²) in [6.45, 7) is 0. The molecule has 3 heteroatoms. The van der Waals surface area contributed by atoms with Gasteiger partial charge in [0.15, 0.2) is 0 Å². The maximum atomic E-state index is 4.19. The summed E-state index contributed by atoms with van der Waals surface area (Å²) in [5.41, 5.74) is 5.82. The van der Waals surface area contributed by atoms with E-state index in [1.807, 2.05) is 60.7 Å². The third kappa shape index (κ3) is 2.60. The maximum Gasteiger partial charge on any atom is 0.0953 e. The number of nitrogens with zero attached hydrogens (tertiary/aromatic N) is 3. The highest BCUT2D eigenvalue weighted by Crippen LogP contribution is 2.23. The minimum absolute atomic E-state index is 0.798. The van der Waals surface area contributed by atoms with E-state index in [0.29, 0.717) is 0 Å². The molecule has 0 spiro atoms. The van der Waals surface area contributed by atoms with Gasteiger partial charge >= 0.3 is 0 Å². The normalized spacial score (nSPS) is 10.9. The first-order valence-electron chi connectivity index (χ1n) is 6.08. The van der Waals surface area contributed by atoms with Gasteiger partial charge in [0.05, 0.1) is 11.4 Å². The van der Waals surface area contributed by atoms with Crippen molar-refractivity contribution in [1.29, 1.82) is 0 Å². The highest BCUT2D eigenvalue weighted by Gasteiger charge is 1.99. The molecule has 3 aromatic carbocycles. The van der Waals surface area contributed by atoms with E-state index in [1.165, 1.54) is 0 Å². The molecule has 0 bridgehead atoms. The highest BCUT2D eigenvalue weighted by atomic mass is 15.4. The molecule has 0 atom stereocenters. The molecule has 0 fully saturated rings. The summed E-state index contributed by atoms with van der Waals surface area (Å²) in [4.78, 5) is 0. The molecule has 1 radical (unpaired) electrons. The average Bonchev–Trinajstić information content (AvgIpc) is 2.49. The molecule has 3 nitrogen and oxygen atoms in total. The molecule has 0 unspecified atom stereocenters. The molecule has 0 saturated carbocycles. The minimum Gasteiger partial charge on any atom is -0.131 e. The van der Waals surface area contributed by atoms with Crippen molar-refractivity contribution < 1.29 is 0 Å². The minimum atomic E-state index is 0.798. The lowest BCUT2D eigenvalue weighted by Crippen LogP contribution is -1.86. The van der Waals surface area contributed by atoms with Crippen molar-refractivity contribution >= 4 is 22.1 Å². The second-order valence-corrected chi connectivity index (χ2v) is 4.12. The van der Waals surface area contributed by atoms with E-state index in [1.54, 1.807) is 0 Å². The second kappa shape index (κ2) is 5.31. The van der Waals surface area contributed by atoms with Crippen molar-refractivity contribution in [3.63, 3.8) is 0 Å². The first-order chi connectivity index (χ1) is 9.43. The fourth-order valence-corrected chi connectivity index (χ4v) is 1.91. The van der Waals surface area contributed by atoms with Crippen molar-refractivity contribution in [2.75, 3.05) is 0 Å². The molecule has 0 saturated heterocycles. The van der Waals surface area contributed by atoms with Crippen molar-refractivity contribution in [3.8, 4) is 0 Å². The van der Waals surface area contributed by atoms with Crippen LogP contribution in [-0.2, 0) is 0 Å². The Kier molecular flexibility index (Phi) is 3.19. The molecule has 0 aliphatic rings. The van der Waals surface area contributed by atoms with Gasteiger partial charge in [0.25, 0.3) is 0 Å². The lowest BCUT2D eigenvalue weighted by atomic mass is 10.1. The Bertz CT molecular complexity index is 700. The zero-order valence-electron chi connectivity index (χ0n) is 10.3. The van der Waals surface area contributed by atoms with Crippen LogP contribution in [0.3, 0.4) is 0 Å². The van der Waals surface area contributed by atoms with Crippen LogP contribution in [0.15, 0.2) is 83.1 Å². The monoisotopic (exact) mass is 246 g/mol. The van der Waals surface area contributed by atoms with E-state index in [2.05, 4.69) is 27.9 Å². The first-order valence-corrected chi connectivity index (χ1v) is 6.08. The third-order valence-corrected chi connectivity index (χ3v) is 2.84. The van der Waals surface area contributed by atoms with Crippen LogP contribution in [0.25, 0.3) is 10.8 Å². The highest BCUT2D eigenvalue weighted by molar-refractivity contribution is 5.91. The Labute approximate surface area is 111 Å². The quantitative estimate of drug-likeness (QED) is 0.471. The van der Waals surface area contributed by atoms with Crippen LogP contribution in [0.1, 0.15) is 0 Å². The van der Waals surface area contributed by atoms with Gasteiger partial charge in [0, 0.05) is 5.39 Å². The summed E-state index contributed by atoms with van der Waals surface area (Å²) in [5.74, 6) is 0. The molecule has 3 aromatic rings. The van der Waals surface area contributed by atoms with Gasteiger partial charge in [-0.2, -0.15) is 0 Å². The predicted molar refractivity (Wildman–Crippen MR) is 76.7 cm³/mol. The van der Waals surface area contributed by atoms with Crippen LogP contribution in [0, 0.1) is 0 Å². The standard InChI is InChI=1S/C16H12N3/c1-2-9-14(10-3-1)17-19-18-16-12-6-8-13-7-4-5-11-15(13)16/h1-12H. The molecule has 0 aliphatic carbocycles. The maximum absolute atomic E-state index is 4.19. The van der Waals surface area contributed by atoms with E-state index >= 15 is 0 Å². The molecule has 91 valence electrons. The topological polar surface area (TPSA) is 38.8 Å². The van der Waals surface area contributed by atoms with Crippen LogP contribution in [0.4, 0.5) is 11.4 Å². The summed E-state index contributed by atoms with van der Waals surface area (Å²) in [5, 5.41) is 10.2. The third-order valence-electron chi connectivity index (χ3n) is 2.84. The lowest BCUT2D eigenvalue weighted by molar-refractivity contribution is 0.872. The van der Waals surface area contributed by atoms with Crippen molar-refractivity contribution in [1.82, 2.24) is 5.43 Å². The Morgan fingerprint density at radius 2 is 1.37 bits per heavy atom. The number of benzene rings is 3. The molecular weight excluding hydrogens is 234 g/mol. The first kappa shape index (κ1) is 11.4. The number of fused-ring (bicyclic) bond motifs is 1. The van der Waals surface area contributed by atoms with E-state index in [9.17, 15) is 0 Å². The van der Waals surface area contributed by atoms with E-state index in [0.717, 1.165) is 22.1 Å². The Morgan fingerprint density at radius 1 is 0.632 bits per heavy atom. The second-order valence-electron chi connectivity index (χ2n) is 4.12. The van der Waals surface area contributed by atoms with Gasteiger partial charge in [-0.25, -0.2) is 0 Å². The van der Waals surface area contributed by atoms with Crippen LogP contribution in [0.2, 0.25) is 0 Å². The van der Waals surface area contributed by atoms with Gasteiger partial charge in [-0.1, -0.05) is 54.6 Å².